The molecule has 0 bridgehead atoms. The van der Waals surface area contributed by atoms with Gasteiger partial charge in [0.25, 0.3) is 0 Å². The minimum Gasteiger partial charge on any atom is -0.381 e. The molecule has 1 N–H and O–H groups in total. The van der Waals surface area contributed by atoms with E-state index in [9.17, 15) is 8.42 Å². The Kier molecular flexibility index (Phi) is 4.51. The Balaban J connectivity index is 2.87. The van der Waals surface area contributed by atoms with Crippen LogP contribution in [0.3, 0.4) is 0 Å². The van der Waals surface area contributed by atoms with Crippen LogP contribution in [0.2, 0.25) is 0 Å². The minimum atomic E-state index is -3.48. The Morgan fingerprint density at radius 3 is 2.82 bits per heavy atom. The lowest BCUT2D eigenvalue weighted by Gasteiger charge is -2.11. The lowest BCUT2D eigenvalue weighted by Crippen LogP contribution is -2.25. The van der Waals surface area contributed by atoms with Crippen molar-refractivity contribution in [1.29, 1.82) is 5.26 Å². The fourth-order valence-corrected chi connectivity index (χ4v) is 3.72. The topological polar surface area (TPSA) is 79.2 Å². The summed E-state index contributed by atoms with van der Waals surface area (Å²) >= 11 is 1.25. The number of nitrogens with one attached hydrogen (secondary N) is 1. The summed E-state index contributed by atoms with van der Waals surface area (Å²) in [4.78, 5) is 0.888. The summed E-state index contributed by atoms with van der Waals surface area (Å²) in [6.07, 6.45) is -0.390. The van der Waals surface area contributed by atoms with Crippen LogP contribution in [0.25, 0.3) is 0 Å². The SMILES string of the molecule is COC(C)CS(=O)(=O)Nc1sc(C)cc1C#N. The highest BCUT2D eigenvalue weighted by Gasteiger charge is 2.18. The van der Waals surface area contributed by atoms with Gasteiger partial charge in [0.05, 0.1) is 17.4 Å². The Hall–Kier alpha value is -1.10. The molecular weight excluding hydrogens is 260 g/mol. The summed E-state index contributed by atoms with van der Waals surface area (Å²) < 4.78 is 30.8. The summed E-state index contributed by atoms with van der Waals surface area (Å²) in [5, 5.41) is 9.22. The van der Waals surface area contributed by atoms with Gasteiger partial charge >= 0.3 is 0 Å². The summed E-state index contributed by atoms with van der Waals surface area (Å²) in [6, 6.07) is 3.61. The quantitative estimate of drug-likeness (QED) is 0.886. The number of rotatable bonds is 5. The Labute approximate surface area is 105 Å². The molecule has 0 aromatic carbocycles. The van der Waals surface area contributed by atoms with Gasteiger partial charge in [0, 0.05) is 12.0 Å². The molecule has 0 fully saturated rings. The number of ether oxygens (including phenoxy) is 1. The van der Waals surface area contributed by atoms with Crippen molar-refractivity contribution in [2.24, 2.45) is 0 Å². The molecule has 17 heavy (non-hydrogen) atoms. The normalized spacial score (nSPS) is 13.1. The zero-order valence-corrected chi connectivity index (χ0v) is 11.5. The first-order valence-corrected chi connectivity index (χ1v) is 7.38. The van der Waals surface area contributed by atoms with E-state index in [-0.39, 0.29) is 11.9 Å². The Bertz CT molecular complexity index is 528. The van der Waals surface area contributed by atoms with Gasteiger partial charge in [-0.05, 0) is 19.9 Å². The van der Waals surface area contributed by atoms with Gasteiger partial charge < -0.3 is 4.74 Å². The first-order valence-electron chi connectivity index (χ1n) is 4.91. The van der Waals surface area contributed by atoms with E-state index in [4.69, 9.17) is 10.00 Å². The van der Waals surface area contributed by atoms with Crippen molar-refractivity contribution < 1.29 is 13.2 Å². The van der Waals surface area contributed by atoms with Crippen molar-refractivity contribution >= 4 is 26.4 Å². The van der Waals surface area contributed by atoms with Crippen molar-refractivity contribution in [2.45, 2.75) is 20.0 Å². The summed E-state index contributed by atoms with van der Waals surface area (Å²) in [7, 11) is -2.03. The van der Waals surface area contributed by atoms with E-state index in [1.54, 1.807) is 13.0 Å². The van der Waals surface area contributed by atoms with Gasteiger partial charge in [-0.25, -0.2) is 8.42 Å². The predicted octanol–water partition coefficient (Wildman–Crippen LogP) is 1.70. The van der Waals surface area contributed by atoms with Crippen LogP contribution < -0.4 is 4.72 Å². The molecule has 0 amide bonds. The zero-order valence-electron chi connectivity index (χ0n) is 9.85. The average Bonchev–Trinajstić information content (AvgIpc) is 2.56. The highest BCUT2D eigenvalue weighted by molar-refractivity contribution is 7.92. The van der Waals surface area contributed by atoms with Gasteiger partial charge in [-0.1, -0.05) is 0 Å². The molecule has 0 aliphatic carbocycles. The standard InChI is InChI=1S/C10H14N2O3S2/c1-7(15-3)6-17(13,14)12-10-9(5-11)4-8(2)16-10/h4,7,12H,6H2,1-3H3. The van der Waals surface area contributed by atoms with Gasteiger partial charge in [0.15, 0.2) is 0 Å². The first-order chi connectivity index (χ1) is 7.88. The van der Waals surface area contributed by atoms with Crippen molar-refractivity contribution in [3.8, 4) is 6.07 Å². The van der Waals surface area contributed by atoms with Crippen LogP contribution in [0.15, 0.2) is 6.07 Å². The second-order valence-corrected chi connectivity index (χ2v) is 6.66. The third-order valence-corrected chi connectivity index (χ3v) is 4.60. The number of aryl methyl sites for hydroxylation is 1. The number of methoxy groups -OCH3 is 1. The maximum atomic E-state index is 11.8. The number of nitrogens with zero attached hydrogens (tertiary/aromatic N) is 1. The third-order valence-electron chi connectivity index (χ3n) is 2.08. The van der Waals surface area contributed by atoms with Gasteiger partial charge in [-0.15, -0.1) is 11.3 Å². The minimum absolute atomic E-state index is 0.134. The number of hydrogen-bond acceptors (Lipinski definition) is 5. The fourth-order valence-electron chi connectivity index (χ4n) is 1.23. The molecule has 1 unspecified atom stereocenters. The molecule has 0 aliphatic heterocycles. The van der Waals surface area contributed by atoms with Gasteiger partial charge in [0.2, 0.25) is 10.0 Å². The molecule has 1 atom stereocenters. The van der Waals surface area contributed by atoms with Crippen molar-refractivity contribution in [1.82, 2.24) is 0 Å². The molecule has 1 aromatic heterocycles. The van der Waals surface area contributed by atoms with E-state index >= 15 is 0 Å². The van der Waals surface area contributed by atoms with E-state index in [2.05, 4.69) is 4.72 Å². The molecule has 0 radical (unpaired) electrons. The van der Waals surface area contributed by atoms with E-state index in [1.807, 2.05) is 13.0 Å². The molecule has 1 heterocycles. The lowest BCUT2D eigenvalue weighted by molar-refractivity contribution is 0.136. The molecule has 0 saturated heterocycles. The van der Waals surface area contributed by atoms with Crippen LogP contribution in [-0.2, 0) is 14.8 Å². The van der Waals surface area contributed by atoms with Crippen LogP contribution in [0.5, 0.6) is 0 Å². The number of nitriles is 1. The van der Waals surface area contributed by atoms with Gasteiger partial charge in [0.1, 0.15) is 11.1 Å². The highest BCUT2D eigenvalue weighted by atomic mass is 32.2. The molecular formula is C10H14N2O3S2. The van der Waals surface area contributed by atoms with E-state index < -0.39 is 10.0 Å². The van der Waals surface area contributed by atoms with Gasteiger partial charge in [-0.2, -0.15) is 5.26 Å². The number of thiophene rings is 1. The van der Waals surface area contributed by atoms with Crippen LogP contribution in [-0.4, -0.2) is 27.4 Å². The lowest BCUT2D eigenvalue weighted by atomic mass is 10.3. The molecule has 1 rings (SSSR count). The van der Waals surface area contributed by atoms with E-state index in [1.165, 1.54) is 18.4 Å². The average molecular weight is 274 g/mol. The van der Waals surface area contributed by atoms with Crippen LogP contribution in [0, 0.1) is 18.3 Å². The molecule has 0 spiro atoms. The molecule has 5 nitrogen and oxygen atoms in total. The summed E-state index contributed by atoms with van der Waals surface area (Å²) in [5.74, 6) is -0.134. The molecule has 0 saturated carbocycles. The molecule has 0 aliphatic rings. The molecule has 7 heteroatoms. The number of sulfonamides is 1. The van der Waals surface area contributed by atoms with Crippen molar-refractivity contribution in [3.05, 3.63) is 16.5 Å². The predicted molar refractivity (Wildman–Crippen MR) is 67.7 cm³/mol. The van der Waals surface area contributed by atoms with Crippen LogP contribution in [0.4, 0.5) is 5.00 Å². The second-order valence-electron chi connectivity index (χ2n) is 3.64. The maximum Gasteiger partial charge on any atom is 0.235 e. The highest BCUT2D eigenvalue weighted by Crippen LogP contribution is 2.27. The molecule has 94 valence electrons. The third kappa shape index (κ3) is 4.00. The maximum absolute atomic E-state index is 11.8. The second kappa shape index (κ2) is 5.49. The number of hydrogen-bond donors (Lipinski definition) is 1. The fraction of sp³-hybridized carbons (Fsp3) is 0.500. The van der Waals surface area contributed by atoms with Crippen LogP contribution >= 0.6 is 11.3 Å². The summed E-state index contributed by atoms with van der Waals surface area (Å²) in [5.41, 5.74) is 0.348. The van der Waals surface area contributed by atoms with E-state index in [0.29, 0.717) is 10.6 Å². The van der Waals surface area contributed by atoms with Crippen molar-refractivity contribution in [3.63, 3.8) is 0 Å². The van der Waals surface area contributed by atoms with Crippen LogP contribution in [0.1, 0.15) is 17.4 Å². The monoisotopic (exact) mass is 274 g/mol. The van der Waals surface area contributed by atoms with Gasteiger partial charge in [-0.3, -0.25) is 4.72 Å². The first kappa shape index (κ1) is 14.0. The van der Waals surface area contributed by atoms with E-state index in [0.717, 1.165) is 4.88 Å². The summed E-state index contributed by atoms with van der Waals surface area (Å²) in [6.45, 7) is 3.49. The number of anilines is 1. The Morgan fingerprint density at radius 1 is 1.65 bits per heavy atom. The smallest absolute Gasteiger partial charge is 0.235 e. The van der Waals surface area contributed by atoms with Crippen molar-refractivity contribution in [2.75, 3.05) is 17.6 Å². The Morgan fingerprint density at radius 2 is 2.29 bits per heavy atom. The largest absolute Gasteiger partial charge is 0.381 e. The zero-order chi connectivity index (χ0) is 13.1. The molecule has 1 aromatic rings.